The normalized spacial score (nSPS) is 10.8. The summed E-state index contributed by atoms with van der Waals surface area (Å²) in [4.78, 5) is 12.5. The largest absolute Gasteiger partial charge is 0.497 e. The SMILES string of the molecule is COc1cccc(-c2nnc(SCC(=O)Nc3cccc(C)c3)n2Cc2ccco2)c1. The third kappa shape index (κ3) is 5.16. The van der Waals surface area contributed by atoms with Crippen LogP contribution < -0.4 is 10.1 Å². The molecule has 0 aliphatic carbocycles. The second-order valence-corrected chi connectivity index (χ2v) is 7.85. The van der Waals surface area contributed by atoms with Crippen LogP contribution in [-0.2, 0) is 11.3 Å². The van der Waals surface area contributed by atoms with Crippen LogP contribution in [0.15, 0.2) is 76.5 Å². The average Bonchev–Trinajstić information content (AvgIpc) is 3.43. The summed E-state index contributed by atoms with van der Waals surface area (Å²) in [6, 6.07) is 19.1. The minimum absolute atomic E-state index is 0.105. The van der Waals surface area contributed by atoms with Crippen molar-refractivity contribution in [3.05, 3.63) is 78.3 Å². The zero-order chi connectivity index (χ0) is 21.6. The van der Waals surface area contributed by atoms with Gasteiger partial charge in [-0.25, -0.2) is 0 Å². The fourth-order valence-electron chi connectivity index (χ4n) is 3.12. The lowest BCUT2D eigenvalue weighted by molar-refractivity contribution is -0.113. The lowest BCUT2D eigenvalue weighted by atomic mass is 10.2. The zero-order valence-corrected chi connectivity index (χ0v) is 18.1. The highest BCUT2D eigenvalue weighted by molar-refractivity contribution is 7.99. The lowest BCUT2D eigenvalue weighted by Gasteiger charge is -2.10. The third-order valence-corrected chi connectivity index (χ3v) is 5.54. The smallest absolute Gasteiger partial charge is 0.234 e. The van der Waals surface area contributed by atoms with E-state index in [4.69, 9.17) is 9.15 Å². The number of ether oxygens (including phenoxy) is 1. The van der Waals surface area contributed by atoms with Gasteiger partial charge in [-0.15, -0.1) is 10.2 Å². The molecule has 0 fully saturated rings. The van der Waals surface area contributed by atoms with Crippen LogP contribution in [0.2, 0.25) is 0 Å². The van der Waals surface area contributed by atoms with E-state index in [1.54, 1.807) is 13.4 Å². The van der Waals surface area contributed by atoms with Gasteiger partial charge in [0.2, 0.25) is 5.91 Å². The first-order valence-corrected chi connectivity index (χ1v) is 10.7. The van der Waals surface area contributed by atoms with E-state index < -0.39 is 0 Å². The molecule has 0 aliphatic rings. The first kappa shape index (κ1) is 20.7. The van der Waals surface area contributed by atoms with Crippen LogP contribution in [0.25, 0.3) is 11.4 Å². The van der Waals surface area contributed by atoms with Crippen LogP contribution >= 0.6 is 11.8 Å². The molecule has 0 spiro atoms. The Labute approximate surface area is 184 Å². The summed E-state index contributed by atoms with van der Waals surface area (Å²) in [6.45, 7) is 2.44. The Kier molecular flexibility index (Phi) is 6.37. The van der Waals surface area contributed by atoms with E-state index >= 15 is 0 Å². The number of methoxy groups -OCH3 is 1. The van der Waals surface area contributed by atoms with E-state index in [9.17, 15) is 4.79 Å². The van der Waals surface area contributed by atoms with Crippen molar-refractivity contribution in [2.45, 2.75) is 18.6 Å². The minimum atomic E-state index is -0.105. The van der Waals surface area contributed by atoms with E-state index in [-0.39, 0.29) is 11.7 Å². The summed E-state index contributed by atoms with van der Waals surface area (Å²) in [7, 11) is 1.63. The monoisotopic (exact) mass is 434 g/mol. The summed E-state index contributed by atoms with van der Waals surface area (Å²) >= 11 is 1.33. The highest BCUT2D eigenvalue weighted by Gasteiger charge is 2.17. The molecule has 8 heteroatoms. The number of thioether (sulfide) groups is 1. The van der Waals surface area contributed by atoms with Gasteiger partial charge >= 0.3 is 0 Å². The quantitative estimate of drug-likeness (QED) is 0.407. The molecule has 4 rings (SSSR count). The number of rotatable bonds is 8. The third-order valence-electron chi connectivity index (χ3n) is 4.57. The maximum Gasteiger partial charge on any atom is 0.234 e. The first-order valence-electron chi connectivity index (χ1n) is 9.71. The van der Waals surface area contributed by atoms with Gasteiger partial charge in [0.1, 0.15) is 11.5 Å². The number of aromatic nitrogens is 3. The van der Waals surface area contributed by atoms with Crippen LogP contribution in [-0.4, -0.2) is 33.5 Å². The predicted octanol–water partition coefficient (Wildman–Crippen LogP) is 4.63. The van der Waals surface area contributed by atoms with E-state index in [0.29, 0.717) is 17.5 Å². The van der Waals surface area contributed by atoms with Gasteiger partial charge in [-0.3, -0.25) is 9.36 Å². The van der Waals surface area contributed by atoms with Crippen LogP contribution in [0.1, 0.15) is 11.3 Å². The molecular weight excluding hydrogens is 412 g/mol. The van der Waals surface area contributed by atoms with Gasteiger partial charge in [-0.2, -0.15) is 0 Å². The molecular formula is C23H22N4O3S. The molecule has 0 saturated heterocycles. The van der Waals surface area contributed by atoms with Gasteiger partial charge in [-0.1, -0.05) is 36.0 Å². The van der Waals surface area contributed by atoms with E-state index in [1.165, 1.54) is 11.8 Å². The Morgan fingerprint density at radius 1 is 1.13 bits per heavy atom. The van der Waals surface area contributed by atoms with Crippen molar-refractivity contribution in [3.63, 3.8) is 0 Å². The lowest BCUT2D eigenvalue weighted by Crippen LogP contribution is -2.15. The van der Waals surface area contributed by atoms with Crippen LogP contribution in [0.3, 0.4) is 0 Å². The van der Waals surface area contributed by atoms with Crippen molar-refractivity contribution in [1.82, 2.24) is 14.8 Å². The highest BCUT2D eigenvalue weighted by atomic mass is 32.2. The molecule has 0 bridgehead atoms. The Morgan fingerprint density at radius 2 is 2.00 bits per heavy atom. The van der Waals surface area contributed by atoms with Crippen molar-refractivity contribution in [1.29, 1.82) is 0 Å². The average molecular weight is 435 g/mol. The van der Waals surface area contributed by atoms with Crippen molar-refractivity contribution in [2.75, 3.05) is 18.2 Å². The second-order valence-electron chi connectivity index (χ2n) is 6.91. The molecule has 0 atom stereocenters. The van der Waals surface area contributed by atoms with E-state index in [0.717, 1.165) is 28.3 Å². The molecule has 7 nitrogen and oxygen atoms in total. The molecule has 1 amide bonds. The number of carbonyl (C=O) groups is 1. The van der Waals surface area contributed by atoms with Crippen LogP contribution in [0, 0.1) is 6.92 Å². The van der Waals surface area contributed by atoms with Gasteiger partial charge in [0.05, 0.1) is 25.7 Å². The number of nitrogens with one attached hydrogen (secondary N) is 1. The molecule has 0 radical (unpaired) electrons. The Balaban J connectivity index is 1.55. The number of anilines is 1. The van der Waals surface area contributed by atoms with Gasteiger partial charge in [-0.05, 0) is 48.9 Å². The van der Waals surface area contributed by atoms with Crippen molar-refractivity contribution in [2.24, 2.45) is 0 Å². The fraction of sp³-hybridized carbons (Fsp3) is 0.174. The molecule has 0 saturated carbocycles. The molecule has 1 N–H and O–H groups in total. The van der Waals surface area contributed by atoms with Gasteiger partial charge in [0.15, 0.2) is 11.0 Å². The molecule has 2 heterocycles. The number of furan rings is 1. The van der Waals surface area contributed by atoms with Crippen molar-refractivity contribution < 1.29 is 13.9 Å². The molecule has 4 aromatic rings. The minimum Gasteiger partial charge on any atom is -0.497 e. The molecule has 0 aliphatic heterocycles. The Bertz CT molecular complexity index is 1170. The van der Waals surface area contributed by atoms with E-state index in [1.807, 2.05) is 72.2 Å². The Hall–Kier alpha value is -3.52. The number of hydrogen-bond donors (Lipinski definition) is 1. The Morgan fingerprint density at radius 3 is 2.77 bits per heavy atom. The number of hydrogen-bond acceptors (Lipinski definition) is 6. The number of nitrogens with zero attached hydrogens (tertiary/aromatic N) is 3. The predicted molar refractivity (Wildman–Crippen MR) is 120 cm³/mol. The maximum absolute atomic E-state index is 12.5. The molecule has 2 aromatic carbocycles. The van der Waals surface area contributed by atoms with E-state index in [2.05, 4.69) is 15.5 Å². The maximum atomic E-state index is 12.5. The van der Waals surface area contributed by atoms with Crippen molar-refractivity contribution >= 4 is 23.4 Å². The number of benzene rings is 2. The number of carbonyl (C=O) groups excluding carboxylic acids is 1. The van der Waals surface area contributed by atoms with Gasteiger partial charge < -0.3 is 14.5 Å². The van der Waals surface area contributed by atoms with Crippen LogP contribution in [0.5, 0.6) is 5.75 Å². The molecule has 158 valence electrons. The summed E-state index contributed by atoms with van der Waals surface area (Å²) in [6.07, 6.45) is 1.63. The molecule has 2 aromatic heterocycles. The number of aryl methyl sites for hydroxylation is 1. The molecule has 0 unspecified atom stereocenters. The first-order chi connectivity index (χ1) is 15.1. The summed E-state index contributed by atoms with van der Waals surface area (Å²) in [5.74, 6) is 2.29. The van der Waals surface area contributed by atoms with Gasteiger partial charge in [0.25, 0.3) is 0 Å². The van der Waals surface area contributed by atoms with Crippen molar-refractivity contribution in [3.8, 4) is 17.1 Å². The summed E-state index contributed by atoms with van der Waals surface area (Å²) < 4.78 is 12.8. The van der Waals surface area contributed by atoms with Crippen LogP contribution in [0.4, 0.5) is 5.69 Å². The topological polar surface area (TPSA) is 82.2 Å². The highest BCUT2D eigenvalue weighted by Crippen LogP contribution is 2.27. The molecule has 31 heavy (non-hydrogen) atoms. The fourth-order valence-corrected chi connectivity index (χ4v) is 3.86. The number of amides is 1. The summed E-state index contributed by atoms with van der Waals surface area (Å²) in [5, 5.41) is 12.3. The standard InChI is InChI=1S/C23H22N4O3S/c1-16-6-3-8-18(12-16)24-21(28)15-31-23-26-25-22(17-7-4-9-19(13-17)29-2)27(23)14-20-10-5-11-30-20/h3-13H,14-15H2,1-2H3,(H,24,28). The second kappa shape index (κ2) is 9.53. The zero-order valence-electron chi connectivity index (χ0n) is 17.2. The summed E-state index contributed by atoms with van der Waals surface area (Å²) in [5.41, 5.74) is 2.74. The van der Waals surface area contributed by atoms with Gasteiger partial charge in [0, 0.05) is 11.3 Å².